The first-order valence-corrected chi connectivity index (χ1v) is 11.3. The van der Waals surface area contributed by atoms with Crippen molar-refractivity contribution in [3.63, 3.8) is 0 Å². The van der Waals surface area contributed by atoms with Gasteiger partial charge in [-0.3, -0.25) is 14.4 Å². The number of halogens is 1. The Kier molecular flexibility index (Phi) is 6.65. The summed E-state index contributed by atoms with van der Waals surface area (Å²) in [6.45, 7) is 2.60. The summed E-state index contributed by atoms with van der Waals surface area (Å²) in [7, 11) is 1.64. The van der Waals surface area contributed by atoms with Crippen LogP contribution in [0.5, 0.6) is 5.75 Å². The Morgan fingerprint density at radius 1 is 1.19 bits per heavy atom. The molecule has 0 bridgehead atoms. The Hall–Kier alpha value is -3.46. The first-order valence-electron chi connectivity index (χ1n) is 10.2. The van der Waals surface area contributed by atoms with Gasteiger partial charge in [0.15, 0.2) is 0 Å². The molecule has 0 saturated carbocycles. The van der Waals surface area contributed by atoms with E-state index in [9.17, 15) is 8.60 Å². The number of benzene rings is 2. The summed E-state index contributed by atoms with van der Waals surface area (Å²) < 4.78 is 38.8. The molecule has 0 radical (unpaired) electrons. The molecule has 0 saturated heterocycles. The zero-order valence-corrected chi connectivity index (χ0v) is 18.7. The van der Waals surface area contributed by atoms with Gasteiger partial charge in [-0.2, -0.15) is 0 Å². The van der Waals surface area contributed by atoms with Crippen molar-refractivity contribution in [1.82, 2.24) is 14.3 Å². The summed E-state index contributed by atoms with van der Waals surface area (Å²) in [5.41, 5.74) is 4.28. The first-order chi connectivity index (χ1) is 15.5. The Morgan fingerprint density at radius 2 is 2.00 bits per heavy atom. The maximum absolute atomic E-state index is 13.1. The normalized spacial score (nSPS) is 15.8. The average Bonchev–Trinajstić information content (AvgIpc) is 3.22. The van der Waals surface area contributed by atoms with Gasteiger partial charge in [0.05, 0.1) is 24.8 Å². The highest BCUT2D eigenvalue weighted by Gasteiger charge is 2.15. The summed E-state index contributed by atoms with van der Waals surface area (Å²) in [6.07, 6.45) is 7.44. The van der Waals surface area contributed by atoms with Crippen molar-refractivity contribution in [2.24, 2.45) is 4.99 Å². The maximum atomic E-state index is 13.1. The molecule has 1 atom stereocenters. The molecule has 1 aliphatic heterocycles. The summed E-state index contributed by atoms with van der Waals surface area (Å²) in [5.74, 6) is 0.957. The Bertz CT molecular complexity index is 1190. The van der Waals surface area contributed by atoms with Crippen LogP contribution in [0.25, 0.3) is 11.8 Å². The van der Waals surface area contributed by atoms with Crippen molar-refractivity contribution in [3.05, 3.63) is 77.6 Å². The van der Waals surface area contributed by atoms with Crippen molar-refractivity contribution < 1.29 is 13.3 Å². The second kappa shape index (κ2) is 9.78. The fourth-order valence-corrected chi connectivity index (χ4v) is 4.18. The fraction of sp³-hybridized carbons (Fsp3) is 0.217. The van der Waals surface area contributed by atoms with Crippen LogP contribution in [0.3, 0.4) is 0 Å². The molecule has 9 heteroatoms. The SMILES string of the molecule is COc1cc(C=C2CCCN=C2NS(=O)Nc2ccc(F)cc2)ccc1-n1cnc(C)c1. The van der Waals surface area contributed by atoms with Gasteiger partial charge >= 0.3 is 0 Å². The number of methoxy groups -OCH3 is 1. The third kappa shape index (κ3) is 5.23. The lowest BCUT2D eigenvalue weighted by Crippen LogP contribution is -2.33. The smallest absolute Gasteiger partial charge is 0.221 e. The number of aliphatic imine (C=N–C) groups is 1. The zero-order chi connectivity index (χ0) is 22.5. The Morgan fingerprint density at radius 3 is 2.72 bits per heavy atom. The third-order valence-corrected chi connectivity index (χ3v) is 5.76. The number of ether oxygens (including phenoxy) is 1. The summed E-state index contributed by atoms with van der Waals surface area (Å²) in [6, 6.07) is 11.6. The Labute approximate surface area is 188 Å². The van der Waals surface area contributed by atoms with Crippen LogP contribution in [0.4, 0.5) is 10.1 Å². The molecule has 4 rings (SSSR count). The number of hydrogen-bond acceptors (Lipinski definition) is 4. The molecule has 1 aliphatic rings. The quantitative estimate of drug-likeness (QED) is 0.588. The van der Waals surface area contributed by atoms with Crippen LogP contribution < -0.4 is 14.2 Å². The minimum Gasteiger partial charge on any atom is -0.495 e. The number of nitrogens with one attached hydrogen (secondary N) is 2. The fourth-order valence-electron chi connectivity index (χ4n) is 3.41. The molecule has 32 heavy (non-hydrogen) atoms. The van der Waals surface area contributed by atoms with Crippen molar-refractivity contribution in [3.8, 4) is 11.4 Å². The van der Waals surface area contributed by atoms with Crippen LogP contribution in [0.2, 0.25) is 0 Å². The monoisotopic (exact) mass is 453 g/mol. The summed E-state index contributed by atoms with van der Waals surface area (Å²) in [5, 5.41) is 0. The molecule has 7 nitrogen and oxygen atoms in total. The van der Waals surface area contributed by atoms with E-state index in [0.717, 1.165) is 41.1 Å². The number of aromatic nitrogens is 2. The van der Waals surface area contributed by atoms with Crippen molar-refractivity contribution in [2.75, 3.05) is 18.4 Å². The molecular weight excluding hydrogens is 429 g/mol. The molecular formula is C23H24FN5O2S. The van der Waals surface area contributed by atoms with Gasteiger partial charge in [0, 0.05) is 18.4 Å². The highest BCUT2D eigenvalue weighted by Crippen LogP contribution is 2.27. The predicted octanol–water partition coefficient (Wildman–Crippen LogP) is 4.18. The van der Waals surface area contributed by atoms with E-state index in [-0.39, 0.29) is 5.82 Å². The van der Waals surface area contributed by atoms with Crippen LogP contribution in [-0.4, -0.2) is 33.3 Å². The molecule has 1 aromatic heterocycles. The van der Waals surface area contributed by atoms with Crippen LogP contribution in [0.15, 0.2) is 65.6 Å². The number of nitrogens with zero attached hydrogens (tertiary/aromatic N) is 3. The Balaban J connectivity index is 1.52. The summed E-state index contributed by atoms with van der Waals surface area (Å²) in [4.78, 5) is 8.79. The molecule has 0 aliphatic carbocycles. The number of amidine groups is 1. The molecule has 0 fully saturated rings. The minimum atomic E-state index is -1.62. The van der Waals surface area contributed by atoms with Gasteiger partial charge in [0.2, 0.25) is 11.2 Å². The third-order valence-electron chi connectivity index (χ3n) is 4.96. The van der Waals surface area contributed by atoms with Gasteiger partial charge in [-0.05, 0) is 73.4 Å². The van der Waals surface area contributed by atoms with E-state index >= 15 is 0 Å². The molecule has 0 amide bonds. The van der Waals surface area contributed by atoms with Crippen LogP contribution in [0.1, 0.15) is 24.1 Å². The van der Waals surface area contributed by atoms with Crippen LogP contribution in [0, 0.1) is 12.7 Å². The first kappa shape index (κ1) is 21.8. The largest absolute Gasteiger partial charge is 0.495 e. The average molecular weight is 454 g/mol. The van der Waals surface area contributed by atoms with Gasteiger partial charge in [0.1, 0.15) is 17.4 Å². The van der Waals surface area contributed by atoms with E-state index in [4.69, 9.17) is 4.74 Å². The summed E-state index contributed by atoms with van der Waals surface area (Å²) >= 11 is -1.62. The molecule has 0 spiro atoms. The van der Waals surface area contributed by atoms with Gasteiger partial charge < -0.3 is 9.30 Å². The zero-order valence-electron chi connectivity index (χ0n) is 17.8. The molecule has 2 aromatic carbocycles. The van der Waals surface area contributed by atoms with E-state index in [1.165, 1.54) is 24.3 Å². The van der Waals surface area contributed by atoms with E-state index < -0.39 is 11.2 Å². The van der Waals surface area contributed by atoms with Crippen LogP contribution in [-0.2, 0) is 11.2 Å². The van der Waals surface area contributed by atoms with Crippen molar-refractivity contribution >= 4 is 28.8 Å². The lowest BCUT2D eigenvalue weighted by atomic mass is 10.0. The molecule has 2 N–H and O–H groups in total. The van der Waals surface area contributed by atoms with Crippen molar-refractivity contribution in [2.45, 2.75) is 19.8 Å². The molecule has 1 unspecified atom stereocenters. The van der Waals surface area contributed by atoms with E-state index in [2.05, 4.69) is 19.4 Å². The number of hydrogen-bond donors (Lipinski definition) is 2. The van der Waals surface area contributed by atoms with E-state index in [1.54, 1.807) is 13.4 Å². The predicted molar refractivity (Wildman–Crippen MR) is 126 cm³/mol. The maximum Gasteiger partial charge on any atom is 0.221 e. The second-order valence-corrected chi connectivity index (χ2v) is 8.28. The van der Waals surface area contributed by atoms with Crippen molar-refractivity contribution in [1.29, 1.82) is 0 Å². The van der Waals surface area contributed by atoms with Gasteiger partial charge in [0.25, 0.3) is 0 Å². The lowest BCUT2D eigenvalue weighted by molar-refractivity contribution is 0.413. The lowest BCUT2D eigenvalue weighted by Gasteiger charge is -2.18. The van der Waals surface area contributed by atoms with E-state index in [0.29, 0.717) is 18.1 Å². The number of aryl methyl sites for hydroxylation is 1. The number of imidazole rings is 1. The molecule has 166 valence electrons. The van der Waals surface area contributed by atoms with Gasteiger partial charge in [-0.15, -0.1) is 0 Å². The molecule has 2 heterocycles. The number of anilines is 1. The highest BCUT2D eigenvalue weighted by atomic mass is 32.2. The minimum absolute atomic E-state index is 0.346. The van der Waals surface area contributed by atoms with Crippen LogP contribution >= 0.6 is 0 Å². The van der Waals surface area contributed by atoms with Gasteiger partial charge in [-0.25, -0.2) is 13.6 Å². The van der Waals surface area contributed by atoms with Gasteiger partial charge in [-0.1, -0.05) is 6.07 Å². The van der Waals surface area contributed by atoms with E-state index in [1.807, 2.05) is 42.0 Å². The highest BCUT2D eigenvalue weighted by molar-refractivity contribution is 7.85. The number of rotatable bonds is 6. The second-order valence-electron chi connectivity index (χ2n) is 7.34. The molecule has 3 aromatic rings. The standard InChI is InChI=1S/C23H24FN5O2S/c1-16-14-29(15-26-16)21-10-5-17(13-22(21)31-2)12-18-4-3-11-25-23(18)28-32(30)27-20-8-6-19(24)7-9-20/h5-10,12-15,27H,3-4,11H2,1-2H3,(H,25,28). The topological polar surface area (TPSA) is 80.5 Å².